The Balaban J connectivity index is 2.00. The summed E-state index contributed by atoms with van der Waals surface area (Å²) in [7, 11) is 0. The molecule has 0 bridgehead atoms. The number of carbonyl (C=O) groups is 4. The summed E-state index contributed by atoms with van der Waals surface area (Å²) in [6, 6.07) is 3.87. The number of benzene rings is 1. The molecule has 0 saturated carbocycles. The number of carboxylic acids is 1. The molecule has 2 aromatic rings. The predicted molar refractivity (Wildman–Crippen MR) is 138 cm³/mol. The Morgan fingerprint density at radius 1 is 0.972 bits per heavy atom. The van der Waals surface area contributed by atoms with Gasteiger partial charge in [0, 0.05) is 17.1 Å². The highest BCUT2D eigenvalue weighted by molar-refractivity contribution is 5.94. The molecule has 0 aliphatic heterocycles. The average Bonchev–Trinajstić information content (AvgIpc) is 3.23. The molecule has 2 rings (SSSR count). The van der Waals surface area contributed by atoms with Gasteiger partial charge in [-0.3, -0.25) is 14.4 Å². The maximum atomic E-state index is 12.9. The van der Waals surface area contributed by atoms with E-state index in [1.54, 1.807) is 6.92 Å². The van der Waals surface area contributed by atoms with E-state index in [-0.39, 0.29) is 18.3 Å². The number of aromatic amines is 1. The summed E-state index contributed by atoms with van der Waals surface area (Å²) >= 11 is 0. The summed E-state index contributed by atoms with van der Waals surface area (Å²) in [5, 5.41) is 18.3. The van der Waals surface area contributed by atoms with E-state index in [2.05, 4.69) is 20.9 Å². The van der Waals surface area contributed by atoms with Crippen LogP contribution in [0.4, 0.5) is 0 Å². The van der Waals surface area contributed by atoms with Crippen LogP contribution in [-0.2, 0) is 25.6 Å². The Hall–Kier alpha value is -3.40. The van der Waals surface area contributed by atoms with E-state index >= 15 is 0 Å². The molecular formula is C26H39N5O5. The van der Waals surface area contributed by atoms with Crippen LogP contribution in [0.25, 0.3) is 10.9 Å². The minimum atomic E-state index is -1.13. The van der Waals surface area contributed by atoms with E-state index in [1.165, 1.54) is 6.92 Å². The number of aliphatic carboxylic acids is 1. The average molecular weight is 502 g/mol. The number of hydrogen-bond acceptors (Lipinski definition) is 5. The number of amides is 3. The van der Waals surface area contributed by atoms with Gasteiger partial charge in [-0.25, -0.2) is 4.79 Å². The van der Waals surface area contributed by atoms with Crippen molar-refractivity contribution in [2.45, 2.75) is 78.0 Å². The Kier molecular flexibility index (Phi) is 10.5. The van der Waals surface area contributed by atoms with Gasteiger partial charge in [0.2, 0.25) is 17.7 Å². The standard InChI is InChI=1S/C26H39N5O5/c1-6-15(4)22(26(35)36)31-25(34)21(11-14(2)3)30-23(32)16(5)29-24(33)19(27)12-17-13-28-20-10-8-7-9-18(17)20/h7-10,13-16,19,21-22,28H,6,11-12,27H2,1-5H3,(H,29,33)(H,30,32)(H,31,34)(H,35,36). The van der Waals surface area contributed by atoms with Crippen molar-refractivity contribution in [3.63, 3.8) is 0 Å². The van der Waals surface area contributed by atoms with Crippen molar-refractivity contribution in [3.8, 4) is 0 Å². The molecule has 0 aliphatic carbocycles. The molecule has 3 amide bonds. The van der Waals surface area contributed by atoms with Crippen LogP contribution in [0.15, 0.2) is 30.5 Å². The zero-order valence-corrected chi connectivity index (χ0v) is 21.6. The first-order valence-corrected chi connectivity index (χ1v) is 12.4. The molecule has 1 heterocycles. The third kappa shape index (κ3) is 7.81. The third-order valence-electron chi connectivity index (χ3n) is 6.32. The highest BCUT2D eigenvalue weighted by atomic mass is 16.4. The van der Waals surface area contributed by atoms with Crippen molar-refractivity contribution in [2.24, 2.45) is 17.6 Å². The van der Waals surface area contributed by atoms with Gasteiger partial charge in [-0.15, -0.1) is 0 Å². The zero-order chi connectivity index (χ0) is 27.0. The highest BCUT2D eigenvalue weighted by Gasteiger charge is 2.31. The normalized spacial score (nSPS) is 15.5. The van der Waals surface area contributed by atoms with Gasteiger partial charge in [0.1, 0.15) is 18.1 Å². The van der Waals surface area contributed by atoms with Crippen LogP contribution in [0.3, 0.4) is 0 Å². The summed E-state index contributed by atoms with van der Waals surface area (Å²) in [4.78, 5) is 53.2. The smallest absolute Gasteiger partial charge is 0.326 e. The lowest BCUT2D eigenvalue weighted by molar-refractivity contribution is -0.144. The van der Waals surface area contributed by atoms with Crippen molar-refractivity contribution >= 4 is 34.6 Å². The SMILES string of the molecule is CCC(C)C(NC(=O)C(CC(C)C)NC(=O)C(C)NC(=O)C(N)Cc1c[nH]c2ccccc12)C(=O)O. The molecule has 10 heteroatoms. The van der Waals surface area contributed by atoms with Crippen LogP contribution in [0.1, 0.15) is 53.0 Å². The van der Waals surface area contributed by atoms with E-state index in [9.17, 15) is 24.3 Å². The molecule has 1 aromatic heterocycles. The van der Waals surface area contributed by atoms with E-state index in [4.69, 9.17) is 5.73 Å². The van der Waals surface area contributed by atoms with Crippen LogP contribution in [-0.4, -0.2) is 57.9 Å². The molecule has 7 N–H and O–H groups in total. The number of nitrogens with one attached hydrogen (secondary N) is 4. The van der Waals surface area contributed by atoms with E-state index in [0.717, 1.165) is 16.5 Å². The van der Waals surface area contributed by atoms with Crippen molar-refractivity contribution in [1.82, 2.24) is 20.9 Å². The first-order chi connectivity index (χ1) is 16.9. The molecule has 0 spiro atoms. The summed E-state index contributed by atoms with van der Waals surface area (Å²) in [6.45, 7) is 8.88. The monoisotopic (exact) mass is 501 g/mol. The quantitative estimate of drug-likeness (QED) is 0.244. The highest BCUT2D eigenvalue weighted by Crippen LogP contribution is 2.19. The van der Waals surface area contributed by atoms with Crippen molar-refractivity contribution < 1.29 is 24.3 Å². The number of nitrogens with two attached hydrogens (primary N) is 1. The minimum absolute atomic E-state index is 0.0578. The van der Waals surface area contributed by atoms with Gasteiger partial charge < -0.3 is 31.8 Å². The molecule has 5 atom stereocenters. The number of carboxylic acid groups (broad SMARTS) is 1. The van der Waals surface area contributed by atoms with Crippen molar-refractivity contribution in [1.29, 1.82) is 0 Å². The summed E-state index contributed by atoms with van der Waals surface area (Å²) in [5.74, 6) is -2.97. The Bertz CT molecular complexity index is 1070. The number of H-pyrrole nitrogens is 1. The lowest BCUT2D eigenvalue weighted by Gasteiger charge is -2.26. The second-order valence-corrected chi connectivity index (χ2v) is 9.80. The van der Waals surface area contributed by atoms with Crippen LogP contribution < -0.4 is 21.7 Å². The summed E-state index contributed by atoms with van der Waals surface area (Å²) in [5.41, 5.74) is 7.95. The van der Waals surface area contributed by atoms with Gasteiger partial charge in [-0.2, -0.15) is 0 Å². The Labute approximate surface area is 211 Å². The molecule has 0 aliphatic rings. The minimum Gasteiger partial charge on any atom is -0.480 e. The fourth-order valence-electron chi connectivity index (χ4n) is 3.95. The molecule has 10 nitrogen and oxygen atoms in total. The maximum absolute atomic E-state index is 12.9. The molecule has 1 aromatic carbocycles. The lowest BCUT2D eigenvalue weighted by Crippen LogP contribution is -2.57. The number of carbonyl (C=O) groups excluding carboxylic acids is 3. The number of para-hydroxylation sites is 1. The van der Waals surface area contributed by atoms with Gasteiger partial charge in [-0.1, -0.05) is 52.3 Å². The van der Waals surface area contributed by atoms with Gasteiger partial charge in [0.05, 0.1) is 6.04 Å². The second kappa shape index (κ2) is 13.1. The van der Waals surface area contributed by atoms with E-state index in [1.807, 2.05) is 51.2 Å². The topological polar surface area (TPSA) is 166 Å². The number of rotatable bonds is 13. The molecule has 0 radical (unpaired) electrons. The van der Waals surface area contributed by atoms with Gasteiger partial charge in [-0.05, 0) is 43.2 Å². The zero-order valence-electron chi connectivity index (χ0n) is 21.6. The predicted octanol–water partition coefficient (Wildman–Crippen LogP) is 1.69. The largest absolute Gasteiger partial charge is 0.480 e. The summed E-state index contributed by atoms with van der Waals surface area (Å²) in [6.07, 6.45) is 2.98. The molecule has 0 saturated heterocycles. The molecule has 5 unspecified atom stereocenters. The number of fused-ring (bicyclic) bond motifs is 1. The van der Waals surface area contributed by atoms with Gasteiger partial charge >= 0.3 is 5.97 Å². The van der Waals surface area contributed by atoms with Crippen LogP contribution in [0, 0.1) is 11.8 Å². The first-order valence-electron chi connectivity index (χ1n) is 12.4. The van der Waals surface area contributed by atoms with Crippen LogP contribution >= 0.6 is 0 Å². The Morgan fingerprint density at radius 2 is 1.64 bits per heavy atom. The molecule has 198 valence electrons. The maximum Gasteiger partial charge on any atom is 0.326 e. The first kappa shape index (κ1) is 28.8. The number of aromatic nitrogens is 1. The summed E-state index contributed by atoms with van der Waals surface area (Å²) < 4.78 is 0. The van der Waals surface area contributed by atoms with E-state index in [0.29, 0.717) is 12.8 Å². The van der Waals surface area contributed by atoms with Crippen LogP contribution in [0.5, 0.6) is 0 Å². The number of hydrogen-bond donors (Lipinski definition) is 6. The molecule has 36 heavy (non-hydrogen) atoms. The van der Waals surface area contributed by atoms with Crippen molar-refractivity contribution in [2.75, 3.05) is 0 Å². The third-order valence-corrected chi connectivity index (χ3v) is 6.32. The molecule has 0 fully saturated rings. The fourth-order valence-corrected chi connectivity index (χ4v) is 3.95. The van der Waals surface area contributed by atoms with Crippen molar-refractivity contribution in [3.05, 3.63) is 36.0 Å². The van der Waals surface area contributed by atoms with Crippen LogP contribution in [0.2, 0.25) is 0 Å². The molecular weight excluding hydrogens is 462 g/mol. The van der Waals surface area contributed by atoms with Gasteiger partial charge in [0.15, 0.2) is 0 Å². The van der Waals surface area contributed by atoms with Gasteiger partial charge in [0.25, 0.3) is 0 Å². The van der Waals surface area contributed by atoms with E-state index < -0.39 is 47.9 Å². The Morgan fingerprint density at radius 3 is 2.25 bits per heavy atom. The second-order valence-electron chi connectivity index (χ2n) is 9.80. The lowest BCUT2D eigenvalue weighted by atomic mass is 9.97. The fraction of sp³-hybridized carbons (Fsp3) is 0.538.